The van der Waals surface area contributed by atoms with Crippen molar-refractivity contribution in [3.63, 3.8) is 0 Å². The van der Waals surface area contributed by atoms with Crippen LogP contribution in [0.3, 0.4) is 0 Å². The quantitative estimate of drug-likeness (QED) is 0.718. The molecule has 3 aromatic rings. The summed E-state index contributed by atoms with van der Waals surface area (Å²) < 4.78 is 1.89. The summed E-state index contributed by atoms with van der Waals surface area (Å²) in [7, 11) is 0. The third-order valence-electron chi connectivity index (χ3n) is 4.16. The number of aryl methyl sites for hydroxylation is 1. The fourth-order valence-corrected chi connectivity index (χ4v) is 3.06. The molecule has 7 heteroatoms. The SMILES string of the molecule is Cc1nc(N2CCC(n3cc(C#N)cn3)C2)c2ccncc2n1. The molecule has 1 aliphatic rings. The van der Waals surface area contributed by atoms with Crippen LogP contribution in [0.4, 0.5) is 5.82 Å². The van der Waals surface area contributed by atoms with Crippen LogP contribution in [0.25, 0.3) is 10.9 Å². The Kier molecular flexibility index (Phi) is 3.15. The molecular formula is C16H15N7. The Morgan fingerprint density at radius 1 is 1.30 bits per heavy atom. The van der Waals surface area contributed by atoms with E-state index in [2.05, 4.69) is 31.0 Å². The van der Waals surface area contributed by atoms with Gasteiger partial charge in [-0.25, -0.2) is 9.97 Å². The van der Waals surface area contributed by atoms with Crippen LogP contribution in [0.15, 0.2) is 30.9 Å². The molecule has 4 heterocycles. The van der Waals surface area contributed by atoms with E-state index in [-0.39, 0.29) is 6.04 Å². The number of hydrogen-bond acceptors (Lipinski definition) is 6. The van der Waals surface area contributed by atoms with Gasteiger partial charge in [0.05, 0.1) is 29.5 Å². The Balaban J connectivity index is 1.66. The van der Waals surface area contributed by atoms with Crippen molar-refractivity contribution in [2.45, 2.75) is 19.4 Å². The number of hydrogen-bond donors (Lipinski definition) is 0. The highest BCUT2D eigenvalue weighted by Gasteiger charge is 2.27. The van der Waals surface area contributed by atoms with Crippen molar-refractivity contribution in [1.29, 1.82) is 5.26 Å². The molecule has 0 amide bonds. The summed E-state index contributed by atoms with van der Waals surface area (Å²) in [5.41, 5.74) is 1.46. The van der Waals surface area contributed by atoms with Gasteiger partial charge in [0.1, 0.15) is 17.7 Å². The molecule has 1 unspecified atom stereocenters. The molecule has 0 saturated carbocycles. The summed E-state index contributed by atoms with van der Waals surface area (Å²) in [6.07, 6.45) is 7.93. The second-order valence-corrected chi connectivity index (χ2v) is 5.70. The van der Waals surface area contributed by atoms with Crippen LogP contribution in [0.1, 0.15) is 23.9 Å². The molecule has 1 atom stereocenters. The maximum absolute atomic E-state index is 8.94. The number of nitrogens with zero attached hydrogens (tertiary/aromatic N) is 7. The fraction of sp³-hybridized carbons (Fsp3) is 0.312. The molecule has 3 aromatic heterocycles. The van der Waals surface area contributed by atoms with E-state index in [9.17, 15) is 0 Å². The number of rotatable bonds is 2. The largest absolute Gasteiger partial charge is 0.354 e. The number of pyridine rings is 1. The third-order valence-corrected chi connectivity index (χ3v) is 4.16. The van der Waals surface area contributed by atoms with Gasteiger partial charge in [-0.1, -0.05) is 0 Å². The van der Waals surface area contributed by atoms with Gasteiger partial charge in [0.25, 0.3) is 0 Å². The van der Waals surface area contributed by atoms with Crippen molar-refractivity contribution in [1.82, 2.24) is 24.7 Å². The van der Waals surface area contributed by atoms with Gasteiger partial charge in [0, 0.05) is 30.9 Å². The zero-order chi connectivity index (χ0) is 15.8. The maximum Gasteiger partial charge on any atom is 0.140 e. The molecule has 0 bridgehead atoms. The van der Waals surface area contributed by atoms with Gasteiger partial charge in [-0.2, -0.15) is 10.4 Å². The first-order chi connectivity index (χ1) is 11.2. The summed E-state index contributed by atoms with van der Waals surface area (Å²) in [5.74, 6) is 1.69. The summed E-state index contributed by atoms with van der Waals surface area (Å²) in [4.78, 5) is 15.5. The van der Waals surface area contributed by atoms with Crippen molar-refractivity contribution in [3.8, 4) is 6.07 Å². The first-order valence-electron chi connectivity index (χ1n) is 7.52. The van der Waals surface area contributed by atoms with E-state index >= 15 is 0 Å². The predicted octanol–water partition coefficient (Wildman–Crippen LogP) is 1.85. The average Bonchev–Trinajstić information content (AvgIpc) is 3.23. The Morgan fingerprint density at radius 3 is 3.04 bits per heavy atom. The lowest BCUT2D eigenvalue weighted by Crippen LogP contribution is -2.23. The molecule has 114 valence electrons. The fourth-order valence-electron chi connectivity index (χ4n) is 3.06. The zero-order valence-corrected chi connectivity index (χ0v) is 12.7. The zero-order valence-electron chi connectivity index (χ0n) is 12.7. The van der Waals surface area contributed by atoms with Crippen molar-refractivity contribution < 1.29 is 0 Å². The van der Waals surface area contributed by atoms with Gasteiger partial charge >= 0.3 is 0 Å². The Labute approximate surface area is 133 Å². The molecule has 23 heavy (non-hydrogen) atoms. The minimum absolute atomic E-state index is 0.254. The molecule has 0 aliphatic carbocycles. The lowest BCUT2D eigenvalue weighted by Gasteiger charge is -2.19. The summed E-state index contributed by atoms with van der Waals surface area (Å²) >= 11 is 0. The highest BCUT2D eigenvalue weighted by molar-refractivity contribution is 5.88. The molecule has 1 fully saturated rings. The molecule has 0 aromatic carbocycles. The molecule has 1 aliphatic heterocycles. The molecule has 7 nitrogen and oxygen atoms in total. The van der Waals surface area contributed by atoms with E-state index in [0.717, 1.165) is 42.1 Å². The molecule has 1 saturated heterocycles. The third kappa shape index (κ3) is 2.38. The Morgan fingerprint density at radius 2 is 2.22 bits per heavy atom. The molecule has 0 radical (unpaired) electrons. The second kappa shape index (κ2) is 5.32. The van der Waals surface area contributed by atoms with Crippen LogP contribution >= 0.6 is 0 Å². The van der Waals surface area contributed by atoms with Gasteiger partial charge in [-0.15, -0.1) is 0 Å². The topological polar surface area (TPSA) is 83.5 Å². The van der Waals surface area contributed by atoms with Crippen molar-refractivity contribution in [3.05, 3.63) is 42.2 Å². The highest BCUT2D eigenvalue weighted by atomic mass is 15.3. The van der Waals surface area contributed by atoms with Crippen LogP contribution in [0, 0.1) is 18.3 Å². The van der Waals surface area contributed by atoms with Gasteiger partial charge in [0.15, 0.2) is 0 Å². The summed E-state index contributed by atoms with van der Waals surface area (Å²) in [5, 5.41) is 14.3. The standard InChI is InChI=1S/C16H15N7/c1-11-20-15-8-18-4-2-14(15)16(21-11)22-5-3-13(10-22)23-9-12(6-17)7-19-23/h2,4,7-9,13H,3,5,10H2,1H3. The first-order valence-corrected chi connectivity index (χ1v) is 7.52. The normalized spacial score (nSPS) is 17.6. The van der Waals surface area contributed by atoms with E-state index in [4.69, 9.17) is 5.26 Å². The van der Waals surface area contributed by atoms with E-state index in [1.54, 1.807) is 24.8 Å². The summed E-state index contributed by atoms with van der Waals surface area (Å²) in [6, 6.07) is 4.33. The van der Waals surface area contributed by atoms with Gasteiger partial charge < -0.3 is 4.90 Å². The van der Waals surface area contributed by atoms with Crippen LogP contribution in [-0.4, -0.2) is 37.8 Å². The van der Waals surface area contributed by atoms with E-state index in [0.29, 0.717) is 5.56 Å². The van der Waals surface area contributed by atoms with Gasteiger partial charge in [-0.05, 0) is 19.4 Å². The Bertz CT molecular complexity index is 908. The molecule has 0 N–H and O–H groups in total. The van der Waals surface area contributed by atoms with E-state index in [1.165, 1.54) is 0 Å². The van der Waals surface area contributed by atoms with Crippen molar-refractivity contribution in [2.75, 3.05) is 18.0 Å². The van der Waals surface area contributed by atoms with Crippen LogP contribution in [0.2, 0.25) is 0 Å². The number of nitriles is 1. The number of aromatic nitrogens is 5. The minimum atomic E-state index is 0.254. The van der Waals surface area contributed by atoms with Crippen molar-refractivity contribution in [2.24, 2.45) is 0 Å². The lowest BCUT2D eigenvalue weighted by molar-refractivity contribution is 0.494. The minimum Gasteiger partial charge on any atom is -0.354 e. The molecule has 0 spiro atoms. The second-order valence-electron chi connectivity index (χ2n) is 5.70. The number of fused-ring (bicyclic) bond motifs is 1. The molecular weight excluding hydrogens is 290 g/mol. The predicted molar refractivity (Wildman–Crippen MR) is 84.9 cm³/mol. The van der Waals surface area contributed by atoms with Crippen molar-refractivity contribution >= 4 is 16.7 Å². The van der Waals surface area contributed by atoms with E-state index in [1.807, 2.05) is 17.7 Å². The van der Waals surface area contributed by atoms with Crippen LogP contribution in [0.5, 0.6) is 0 Å². The van der Waals surface area contributed by atoms with Crippen LogP contribution < -0.4 is 4.90 Å². The monoisotopic (exact) mass is 305 g/mol. The maximum atomic E-state index is 8.94. The van der Waals surface area contributed by atoms with Gasteiger partial charge in [0.2, 0.25) is 0 Å². The first kappa shape index (κ1) is 13.6. The highest BCUT2D eigenvalue weighted by Crippen LogP contribution is 2.30. The van der Waals surface area contributed by atoms with E-state index < -0.39 is 0 Å². The smallest absolute Gasteiger partial charge is 0.140 e. The van der Waals surface area contributed by atoms with Crippen LogP contribution in [-0.2, 0) is 0 Å². The van der Waals surface area contributed by atoms with Gasteiger partial charge in [-0.3, -0.25) is 9.67 Å². The Hall–Kier alpha value is -3.01. The number of anilines is 1. The lowest BCUT2D eigenvalue weighted by atomic mass is 10.2. The summed E-state index contributed by atoms with van der Waals surface area (Å²) in [6.45, 7) is 3.62. The molecule has 4 rings (SSSR count). The average molecular weight is 305 g/mol.